The van der Waals surface area contributed by atoms with Crippen molar-refractivity contribution >= 4 is 28.1 Å². The molecule has 0 saturated carbocycles. The molecular weight excluding hydrogens is 312 g/mol. The number of aryl methyl sites for hydroxylation is 1. The van der Waals surface area contributed by atoms with E-state index in [1.165, 1.54) is 10.9 Å². The first-order valence-electron chi connectivity index (χ1n) is 5.38. The predicted molar refractivity (Wildman–Crippen MR) is 74.1 cm³/mol. The summed E-state index contributed by atoms with van der Waals surface area (Å²) >= 11 is 3.23. The van der Waals surface area contributed by atoms with E-state index in [9.17, 15) is 9.90 Å². The fraction of sp³-hybridized carbons (Fsp3) is 0.0833. The number of hydrogen-bond acceptors (Lipinski definition) is 4. The molecule has 0 radical (unpaired) electrons. The standard InChI is InChI=1S/C12H11BrN4O2/c1-17-7-9(13)11(16-17)12(19)15-14-6-8-4-2-3-5-10(8)18/h2-7,18H,1H3,(H,15,19). The highest BCUT2D eigenvalue weighted by Gasteiger charge is 2.13. The topological polar surface area (TPSA) is 79.5 Å². The second-order valence-corrected chi connectivity index (χ2v) is 4.61. The van der Waals surface area contributed by atoms with Crippen LogP contribution in [0.25, 0.3) is 0 Å². The lowest BCUT2D eigenvalue weighted by atomic mass is 10.2. The van der Waals surface area contributed by atoms with Crippen molar-refractivity contribution in [3.8, 4) is 5.75 Å². The van der Waals surface area contributed by atoms with Crippen molar-refractivity contribution in [1.82, 2.24) is 15.2 Å². The van der Waals surface area contributed by atoms with Crippen molar-refractivity contribution in [2.75, 3.05) is 0 Å². The fourth-order valence-corrected chi connectivity index (χ4v) is 1.98. The number of carbonyl (C=O) groups excluding carboxylic acids is 1. The van der Waals surface area contributed by atoms with Gasteiger partial charge in [-0.05, 0) is 28.1 Å². The highest BCUT2D eigenvalue weighted by atomic mass is 79.9. The first kappa shape index (κ1) is 13.3. The Balaban J connectivity index is 2.05. The second-order valence-electron chi connectivity index (χ2n) is 3.76. The molecule has 2 aromatic rings. The number of aromatic nitrogens is 2. The number of phenolic OH excluding ortho intramolecular Hbond substituents is 1. The second kappa shape index (κ2) is 5.66. The molecule has 0 fully saturated rings. The Hall–Kier alpha value is -2.15. The molecule has 0 bridgehead atoms. The molecule has 0 spiro atoms. The number of nitrogens with zero attached hydrogens (tertiary/aromatic N) is 3. The molecule has 0 atom stereocenters. The Morgan fingerprint density at radius 3 is 2.89 bits per heavy atom. The van der Waals surface area contributed by atoms with Gasteiger partial charge in [0.2, 0.25) is 0 Å². The lowest BCUT2D eigenvalue weighted by molar-refractivity contribution is 0.0948. The van der Waals surface area contributed by atoms with Gasteiger partial charge in [0.05, 0.1) is 10.7 Å². The van der Waals surface area contributed by atoms with Gasteiger partial charge >= 0.3 is 0 Å². The van der Waals surface area contributed by atoms with Gasteiger partial charge in [-0.1, -0.05) is 12.1 Å². The number of amides is 1. The lowest BCUT2D eigenvalue weighted by Crippen LogP contribution is -2.18. The number of carbonyl (C=O) groups is 1. The molecule has 0 saturated heterocycles. The minimum atomic E-state index is -0.431. The van der Waals surface area contributed by atoms with E-state index in [2.05, 4.69) is 31.6 Å². The molecule has 2 N–H and O–H groups in total. The molecule has 1 aromatic heterocycles. The molecule has 0 aliphatic heterocycles. The maximum atomic E-state index is 11.8. The molecule has 1 aromatic carbocycles. The fourth-order valence-electron chi connectivity index (χ4n) is 1.42. The minimum absolute atomic E-state index is 0.0968. The van der Waals surface area contributed by atoms with E-state index in [1.54, 1.807) is 37.5 Å². The third-order valence-electron chi connectivity index (χ3n) is 2.31. The number of para-hydroxylation sites is 1. The maximum absolute atomic E-state index is 11.8. The van der Waals surface area contributed by atoms with Crippen molar-refractivity contribution in [3.05, 3.63) is 46.2 Å². The van der Waals surface area contributed by atoms with Crippen molar-refractivity contribution < 1.29 is 9.90 Å². The van der Waals surface area contributed by atoms with Crippen LogP contribution >= 0.6 is 15.9 Å². The van der Waals surface area contributed by atoms with E-state index >= 15 is 0 Å². The summed E-state index contributed by atoms with van der Waals surface area (Å²) in [6.45, 7) is 0. The molecule has 0 aliphatic carbocycles. The van der Waals surface area contributed by atoms with Gasteiger partial charge in [-0.2, -0.15) is 10.2 Å². The van der Waals surface area contributed by atoms with Crippen LogP contribution in [0.5, 0.6) is 5.75 Å². The van der Waals surface area contributed by atoms with Gasteiger partial charge in [0.25, 0.3) is 5.91 Å². The Bertz CT molecular complexity index is 636. The summed E-state index contributed by atoms with van der Waals surface area (Å²) in [6, 6.07) is 6.69. The summed E-state index contributed by atoms with van der Waals surface area (Å²) < 4.78 is 2.11. The van der Waals surface area contributed by atoms with Gasteiger partial charge in [0, 0.05) is 18.8 Å². The minimum Gasteiger partial charge on any atom is -0.507 e. The molecule has 98 valence electrons. The Labute approximate surface area is 117 Å². The van der Waals surface area contributed by atoms with Crippen LogP contribution in [0.4, 0.5) is 0 Å². The highest BCUT2D eigenvalue weighted by molar-refractivity contribution is 9.10. The van der Waals surface area contributed by atoms with Gasteiger partial charge in [-0.3, -0.25) is 9.48 Å². The molecule has 0 aliphatic rings. The van der Waals surface area contributed by atoms with Crippen molar-refractivity contribution in [1.29, 1.82) is 0 Å². The van der Waals surface area contributed by atoms with Gasteiger partial charge in [-0.25, -0.2) is 5.43 Å². The zero-order chi connectivity index (χ0) is 13.8. The van der Waals surface area contributed by atoms with E-state index in [4.69, 9.17) is 0 Å². The summed E-state index contributed by atoms with van der Waals surface area (Å²) in [5.74, 6) is -0.335. The van der Waals surface area contributed by atoms with Gasteiger partial charge in [0.1, 0.15) is 5.75 Å². The Morgan fingerprint density at radius 2 is 2.26 bits per heavy atom. The highest BCUT2D eigenvalue weighted by Crippen LogP contribution is 2.14. The van der Waals surface area contributed by atoms with E-state index in [0.29, 0.717) is 10.0 Å². The number of halogens is 1. The van der Waals surface area contributed by atoms with Crippen LogP contribution in [-0.4, -0.2) is 27.0 Å². The molecule has 0 unspecified atom stereocenters. The van der Waals surface area contributed by atoms with Crippen molar-refractivity contribution in [2.24, 2.45) is 12.1 Å². The summed E-state index contributed by atoms with van der Waals surface area (Å²) in [5.41, 5.74) is 3.11. The first-order chi connectivity index (χ1) is 9.08. The molecular formula is C12H11BrN4O2. The molecule has 1 heterocycles. The monoisotopic (exact) mass is 322 g/mol. The number of phenols is 1. The summed E-state index contributed by atoms with van der Waals surface area (Å²) in [6.07, 6.45) is 3.03. The van der Waals surface area contributed by atoms with E-state index in [0.717, 1.165) is 0 Å². The number of aromatic hydroxyl groups is 1. The van der Waals surface area contributed by atoms with Crippen LogP contribution in [0.2, 0.25) is 0 Å². The first-order valence-corrected chi connectivity index (χ1v) is 6.18. The van der Waals surface area contributed by atoms with Crippen molar-refractivity contribution in [2.45, 2.75) is 0 Å². The smallest absolute Gasteiger partial charge is 0.293 e. The number of hydrogen-bond donors (Lipinski definition) is 2. The van der Waals surface area contributed by atoms with Crippen LogP contribution in [0, 0.1) is 0 Å². The molecule has 2 rings (SSSR count). The third kappa shape index (κ3) is 3.19. The SMILES string of the molecule is Cn1cc(Br)c(C(=O)NN=Cc2ccccc2O)n1. The quantitative estimate of drug-likeness (QED) is 0.666. The van der Waals surface area contributed by atoms with Crippen LogP contribution in [-0.2, 0) is 7.05 Å². The number of rotatable bonds is 3. The van der Waals surface area contributed by atoms with Crippen LogP contribution in [0.1, 0.15) is 16.1 Å². The van der Waals surface area contributed by atoms with E-state index in [-0.39, 0.29) is 11.4 Å². The third-order valence-corrected chi connectivity index (χ3v) is 2.89. The van der Waals surface area contributed by atoms with E-state index in [1.807, 2.05) is 0 Å². The predicted octanol–water partition coefficient (Wildman–Crippen LogP) is 1.65. The van der Waals surface area contributed by atoms with Crippen molar-refractivity contribution in [3.63, 3.8) is 0 Å². The van der Waals surface area contributed by atoms with Crippen LogP contribution in [0.3, 0.4) is 0 Å². The average Bonchev–Trinajstić information content (AvgIpc) is 2.71. The molecule has 6 nitrogen and oxygen atoms in total. The number of hydrazone groups is 1. The molecule has 1 amide bonds. The maximum Gasteiger partial charge on any atom is 0.293 e. The largest absolute Gasteiger partial charge is 0.507 e. The normalized spacial score (nSPS) is 10.8. The van der Waals surface area contributed by atoms with Gasteiger partial charge < -0.3 is 5.11 Å². The average molecular weight is 323 g/mol. The summed E-state index contributed by atoms with van der Waals surface area (Å²) in [5, 5.41) is 17.3. The van der Waals surface area contributed by atoms with Gasteiger partial charge in [0.15, 0.2) is 5.69 Å². The lowest BCUT2D eigenvalue weighted by Gasteiger charge is -1.98. The van der Waals surface area contributed by atoms with Crippen LogP contribution in [0.15, 0.2) is 40.0 Å². The van der Waals surface area contributed by atoms with Crippen LogP contribution < -0.4 is 5.43 Å². The summed E-state index contributed by atoms with van der Waals surface area (Å²) in [7, 11) is 1.72. The molecule has 19 heavy (non-hydrogen) atoms. The zero-order valence-corrected chi connectivity index (χ0v) is 11.6. The Kier molecular flexibility index (Phi) is 3.96. The zero-order valence-electron chi connectivity index (χ0n) is 10.0. The molecule has 7 heteroatoms. The summed E-state index contributed by atoms with van der Waals surface area (Å²) in [4.78, 5) is 11.8. The van der Waals surface area contributed by atoms with E-state index < -0.39 is 5.91 Å². The number of nitrogens with one attached hydrogen (secondary N) is 1. The Morgan fingerprint density at radius 1 is 1.53 bits per heavy atom. The van der Waals surface area contributed by atoms with Gasteiger partial charge in [-0.15, -0.1) is 0 Å². The number of benzene rings is 1.